The first-order chi connectivity index (χ1) is 8.27. The fourth-order valence-electron chi connectivity index (χ4n) is 2.03. The normalized spacial score (nSPS) is 17.7. The van der Waals surface area contributed by atoms with Gasteiger partial charge in [-0.3, -0.25) is 4.90 Å². The van der Waals surface area contributed by atoms with Crippen molar-refractivity contribution < 1.29 is 9.53 Å². The monoisotopic (exact) mass is 230 g/mol. The number of rotatable bonds is 4. The molecule has 1 aromatic rings. The van der Waals surface area contributed by atoms with E-state index < -0.39 is 0 Å². The number of nitriles is 1. The van der Waals surface area contributed by atoms with Crippen molar-refractivity contribution in [2.45, 2.75) is 19.6 Å². The third-order valence-corrected chi connectivity index (χ3v) is 2.91. The molecule has 1 heterocycles. The molecule has 1 atom stereocenters. The highest BCUT2D eigenvalue weighted by atomic mass is 16.6. The molecule has 0 bridgehead atoms. The van der Waals surface area contributed by atoms with E-state index in [0.29, 0.717) is 18.5 Å². The molecule has 0 radical (unpaired) electrons. The van der Waals surface area contributed by atoms with Gasteiger partial charge < -0.3 is 4.74 Å². The van der Waals surface area contributed by atoms with Gasteiger partial charge in [-0.1, -0.05) is 25.1 Å². The van der Waals surface area contributed by atoms with Gasteiger partial charge in [0.25, 0.3) is 0 Å². The zero-order chi connectivity index (χ0) is 12.3. The van der Waals surface area contributed by atoms with Crippen LogP contribution in [0, 0.1) is 11.3 Å². The van der Waals surface area contributed by atoms with E-state index in [0.717, 1.165) is 12.1 Å². The first kappa shape index (κ1) is 11.6. The highest BCUT2D eigenvalue weighted by Gasteiger charge is 2.33. The Morgan fingerprint density at radius 2 is 2.24 bits per heavy atom. The molecule has 0 amide bonds. The van der Waals surface area contributed by atoms with E-state index in [1.807, 2.05) is 30.0 Å². The molecule has 4 nitrogen and oxygen atoms in total. The minimum atomic E-state index is -0.336. The highest BCUT2D eigenvalue weighted by molar-refractivity contribution is 5.93. The van der Waals surface area contributed by atoms with Crippen molar-refractivity contribution in [3.63, 3.8) is 0 Å². The van der Waals surface area contributed by atoms with Crippen LogP contribution in [0.5, 0.6) is 0 Å². The second kappa shape index (κ2) is 4.98. The van der Waals surface area contributed by atoms with Crippen LogP contribution in [0.25, 0.3) is 0 Å². The Morgan fingerprint density at radius 3 is 2.94 bits per heavy atom. The lowest BCUT2D eigenvalue weighted by Gasteiger charge is -2.25. The zero-order valence-electron chi connectivity index (χ0n) is 9.72. The average molecular weight is 230 g/mol. The Bertz CT molecular complexity index is 465. The number of hydrogen-bond acceptors (Lipinski definition) is 4. The van der Waals surface area contributed by atoms with Crippen molar-refractivity contribution in [2.24, 2.45) is 0 Å². The largest absolute Gasteiger partial charge is 0.438 e. The van der Waals surface area contributed by atoms with E-state index in [2.05, 4.69) is 6.07 Å². The lowest BCUT2D eigenvalue weighted by atomic mass is 10.1. The molecule has 0 aliphatic carbocycles. The molecule has 2 rings (SSSR count). The van der Waals surface area contributed by atoms with Crippen LogP contribution < -0.4 is 0 Å². The average Bonchev–Trinajstić information content (AvgIpc) is 2.69. The van der Waals surface area contributed by atoms with Gasteiger partial charge in [-0.2, -0.15) is 5.26 Å². The lowest BCUT2D eigenvalue weighted by molar-refractivity contribution is -0.0202. The molecule has 0 aromatic heterocycles. The number of esters is 1. The van der Waals surface area contributed by atoms with Crippen LogP contribution >= 0.6 is 0 Å². The first-order valence-electron chi connectivity index (χ1n) is 5.68. The molecule has 1 unspecified atom stereocenters. The van der Waals surface area contributed by atoms with E-state index in [1.165, 1.54) is 0 Å². The molecule has 88 valence electrons. The maximum absolute atomic E-state index is 11.7. The number of carbonyl (C=O) groups excluding carboxylic acids is 1. The quantitative estimate of drug-likeness (QED) is 0.743. The maximum Gasteiger partial charge on any atom is 0.340 e. The van der Waals surface area contributed by atoms with Crippen LogP contribution in [0.4, 0.5) is 0 Å². The van der Waals surface area contributed by atoms with Crippen LogP contribution in [0.3, 0.4) is 0 Å². The van der Waals surface area contributed by atoms with E-state index in [4.69, 9.17) is 10.00 Å². The minimum absolute atomic E-state index is 0.277. The molecule has 1 aromatic carbocycles. The smallest absolute Gasteiger partial charge is 0.340 e. The van der Waals surface area contributed by atoms with E-state index in [9.17, 15) is 4.79 Å². The third-order valence-electron chi connectivity index (χ3n) is 2.91. The minimum Gasteiger partial charge on any atom is -0.438 e. The van der Waals surface area contributed by atoms with Crippen molar-refractivity contribution in [3.8, 4) is 6.07 Å². The molecule has 0 N–H and O–H groups in total. The van der Waals surface area contributed by atoms with E-state index in [1.54, 1.807) is 6.07 Å². The van der Waals surface area contributed by atoms with Gasteiger partial charge in [-0.15, -0.1) is 0 Å². The summed E-state index contributed by atoms with van der Waals surface area (Å²) in [4.78, 5) is 13.6. The topological polar surface area (TPSA) is 53.3 Å². The van der Waals surface area contributed by atoms with Crippen molar-refractivity contribution in [2.75, 3.05) is 13.1 Å². The Labute approximate surface area is 100 Å². The maximum atomic E-state index is 11.7. The van der Waals surface area contributed by atoms with Gasteiger partial charge in [0, 0.05) is 18.5 Å². The number of benzene rings is 1. The number of ether oxygens (including phenoxy) is 1. The summed E-state index contributed by atoms with van der Waals surface area (Å²) in [5.74, 6) is -0.277. The van der Waals surface area contributed by atoms with Gasteiger partial charge in [-0.05, 0) is 12.6 Å². The number of nitrogens with zero attached hydrogens (tertiary/aromatic N) is 2. The summed E-state index contributed by atoms with van der Waals surface area (Å²) >= 11 is 0. The molecular formula is C13H14N2O2. The predicted octanol–water partition coefficient (Wildman–Crippen LogP) is 2.09. The van der Waals surface area contributed by atoms with Crippen molar-refractivity contribution in [1.82, 2.24) is 4.90 Å². The van der Waals surface area contributed by atoms with Gasteiger partial charge in [0.15, 0.2) is 6.23 Å². The van der Waals surface area contributed by atoms with Crippen molar-refractivity contribution in [3.05, 3.63) is 35.4 Å². The van der Waals surface area contributed by atoms with Crippen molar-refractivity contribution in [1.29, 1.82) is 5.26 Å². The van der Waals surface area contributed by atoms with E-state index >= 15 is 0 Å². The molecule has 0 spiro atoms. The summed E-state index contributed by atoms with van der Waals surface area (Å²) in [5, 5.41) is 8.62. The molecular weight excluding hydrogens is 216 g/mol. The zero-order valence-corrected chi connectivity index (χ0v) is 9.72. The molecule has 1 aliphatic heterocycles. The lowest BCUT2D eigenvalue weighted by Crippen LogP contribution is -2.29. The van der Waals surface area contributed by atoms with Gasteiger partial charge in [0.05, 0.1) is 11.6 Å². The molecule has 17 heavy (non-hydrogen) atoms. The van der Waals surface area contributed by atoms with Gasteiger partial charge >= 0.3 is 5.97 Å². The number of hydrogen-bond donors (Lipinski definition) is 0. The molecule has 4 heteroatoms. The van der Waals surface area contributed by atoms with Crippen LogP contribution in [-0.2, 0) is 4.74 Å². The Morgan fingerprint density at radius 1 is 1.47 bits per heavy atom. The van der Waals surface area contributed by atoms with Crippen LogP contribution in [0.1, 0.15) is 35.5 Å². The Hall–Kier alpha value is -1.86. The van der Waals surface area contributed by atoms with Crippen LogP contribution in [0.2, 0.25) is 0 Å². The fraction of sp³-hybridized carbons (Fsp3) is 0.385. The second-order valence-corrected chi connectivity index (χ2v) is 3.88. The summed E-state index contributed by atoms with van der Waals surface area (Å²) in [7, 11) is 0. The Balaban J connectivity index is 2.23. The molecule has 1 aliphatic rings. The molecule has 0 fully saturated rings. The van der Waals surface area contributed by atoms with Crippen LogP contribution in [-0.4, -0.2) is 24.0 Å². The predicted molar refractivity (Wildman–Crippen MR) is 62.1 cm³/mol. The third kappa shape index (κ3) is 2.15. The van der Waals surface area contributed by atoms with Gasteiger partial charge in [0.1, 0.15) is 0 Å². The summed E-state index contributed by atoms with van der Waals surface area (Å²) < 4.78 is 5.36. The van der Waals surface area contributed by atoms with Gasteiger partial charge in [0.2, 0.25) is 0 Å². The van der Waals surface area contributed by atoms with Crippen LogP contribution in [0.15, 0.2) is 24.3 Å². The standard InChI is InChI=1S/C13H14N2O2/c1-2-15(9-5-8-14)12-10-6-3-4-7-11(10)13(16)17-12/h3-4,6-7,12H,2,5,9H2,1H3. The van der Waals surface area contributed by atoms with E-state index in [-0.39, 0.29) is 12.2 Å². The fourth-order valence-corrected chi connectivity index (χ4v) is 2.03. The SMILES string of the molecule is CCN(CCC#N)C1OC(=O)c2ccccc21. The summed E-state index contributed by atoms with van der Waals surface area (Å²) in [6, 6.07) is 9.51. The number of carbonyl (C=O) groups is 1. The number of cyclic esters (lactones) is 1. The summed E-state index contributed by atoms with van der Waals surface area (Å²) in [5.41, 5.74) is 1.53. The van der Waals surface area contributed by atoms with Gasteiger partial charge in [-0.25, -0.2) is 4.79 Å². The summed E-state index contributed by atoms with van der Waals surface area (Å²) in [6.07, 6.45) is 0.0985. The second-order valence-electron chi connectivity index (χ2n) is 3.88. The first-order valence-corrected chi connectivity index (χ1v) is 5.68. The number of fused-ring (bicyclic) bond motifs is 1. The Kier molecular flexibility index (Phi) is 3.40. The van der Waals surface area contributed by atoms with Crippen molar-refractivity contribution >= 4 is 5.97 Å². The molecule has 0 saturated carbocycles. The summed E-state index contributed by atoms with van der Waals surface area (Å²) in [6.45, 7) is 3.35. The highest BCUT2D eigenvalue weighted by Crippen LogP contribution is 2.32. The molecule has 0 saturated heterocycles.